The van der Waals surface area contributed by atoms with Crippen molar-refractivity contribution in [1.29, 1.82) is 0 Å². The van der Waals surface area contributed by atoms with Gasteiger partial charge in [0, 0.05) is 36.3 Å². The summed E-state index contributed by atoms with van der Waals surface area (Å²) in [6.45, 7) is 4.12. The molecule has 1 atom stereocenters. The van der Waals surface area contributed by atoms with Crippen LogP contribution in [0.3, 0.4) is 0 Å². The number of aryl methyl sites for hydroxylation is 1. The van der Waals surface area contributed by atoms with Gasteiger partial charge in [0.1, 0.15) is 29.3 Å². The summed E-state index contributed by atoms with van der Waals surface area (Å²) in [4.78, 5) is 37.2. The Bertz CT molecular complexity index is 1480. The van der Waals surface area contributed by atoms with Crippen molar-refractivity contribution in [3.63, 3.8) is 0 Å². The summed E-state index contributed by atoms with van der Waals surface area (Å²) in [5, 5.41) is 15.2. The number of carbonyl (C=O) groups excluding carboxylic acids is 2. The van der Waals surface area contributed by atoms with Gasteiger partial charge in [0.15, 0.2) is 0 Å². The number of nitrogens with zero attached hydrogens (tertiary/aromatic N) is 4. The van der Waals surface area contributed by atoms with Crippen LogP contribution in [-0.2, 0) is 22.4 Å². The maximum Gasteiger partial charge on any atom is 0.407 e. The van der Waals surface area contributed by atoms with Crippen molar-refractivity contribution in [1.82, 2.24) is 30.4 Å². The first-order valence-corrected chi connectivity index (χ1v) is 13.4. The van der Waals surface area contributed by atoms with Crippen LogP contribution in [-0.4, -0.2) is 70.4 Å². The summed E-state index contributed by atoms with van der Waals surface area (Å²) in [5.41, 5.74) is 2.76. The van der Waals surface area contributed by atoms with Gasteiger partial charge in [-0.15, -0.1) is 11.3 Å². The van der Waals surface area contributed by atoms with Gasteiger partial charge in [-0.05, 0) is 44.7 Å². The minimum atomic E-state index is -0.480. The number of aromatic amines is 1. The first-order valence-electron chi connectivity index (χ1n) is 12.6. The van der Waals surface area contributed by atoms with Crippen LogP contribution in [0, 0.1) is 5.92 Å². The van der Waals surface area contributed by atoms with E-state index in [1.807, 2.05) is 12.1 Å². The van der Waals surface area contributed by atoms with E-state index in [2.05, 4.69) is 30.8 Å². The number of anilines is 2. The van der Waals surface area contributed by atoms with E-state index >= 15 is 0 Å². The zero-order chi connectivity index (χ0) is 26.8. The average molecular weight is 538 g/mol. The minimum absolute atomic E-state index is 0.00939. The van der Waals surface area contributed by atoms with Crippen molar-refractivity contribution >= 4 is 56.0 Å². The molecule has 0 radical (unpaired) electrons. The van der Waals surface area contributed by atoms with E-state index < -0.39 is 6.09 Å². The molecule has 0 fully saturated rings. The van der Waals surface area contributed by atoms with Crippen molar-refractivity contribution in [2.24, 2.45) is 5.92 Å². The van der Waals surface area contributed by atoms with Gasteiger partial charge in [-0.3, -0.25) is 9.89 Å². The Morgan fingerprint density at radius 2 is 2.11 bits per heavy atom. The molecule has 5 rings (SSSR count). The number of hydrogen-bond donors (Lipinski definition) is 3. The number of aromatic nitrogens is 4. The highest BCUT2D eigenvalue weighted by Gasteiger charge is 2.30. The average Bonchev–Trinajstić information content (AvgIpc) is 3.49. The number of nitrogens with one attached hydrogen (secondary N) is 3. The number of H-pyrrole nitrogens is 1. The summed E-state index contributed by atoms with van der Waals surface area (Å²) >= 11 is 1.63. The molecule has 1 aromatic carbocycles. The zero-order valence-electron chi connectivity index (χ0n) is 21.8. The molecule has 11 nitrogen and oxygen atoms in total. The van der Waals surface area contributed by atoms with Crippen LogP contribution in [0.15, 0.2) is 24.7 Å². The quantitative estimate of drug-likeness (QED) is 0.287. The van der Waals surface area contributed by atoms with Crippen LogP contribution in [0.25, 0.3) is 21.1 Å². The lowest BCUT2D eigenvalue weighted by atomic mass is 9.87. The van der Waals surface area contributed by atoms with Gasteiger partial charge in [0.05, 0.1) is 35.4 Å². The molecule has 200 valence electrons. The maximum atomic E-state index is 12.6. The summed E-state index contributed by atoms with van der Waals surface area (Å²) in [7, 11) is 3.61. The van der Waals surface area contributed by atoms with Crippen molar-refractivity contribution in [3.05, 3.63) is 35.1 Å². The van der Waals surface area contributed by atoms with Gasteiger partial charge < -0.3 is 25.0 Å². The van der Waals surface area contributed by atoms with Gasteiger partial charge >= 0.3 is 6.09 Å². The highest BCUT2D eigenvalue weighted by Crippen LogP contribution is 2.41. The molecule has 38 heavy (non-hydrogen) atoms. The predicted molar refractivity (Wildman–Crippen MR) is 146 cm³/mol. The Hall–Kier alpha value is -3.93. The third-order valence-corrected chi connectivity index (χ3v) is 7.56. The number of hydrogen-bond acceptors (Lipinski definition) is 9. The highest BCUT2D eigenvalue weighted by molar-refractivity contribution is 7.19. The maximum absolute atomic E-state index is 12.6. The van der Waals surface area contributed by atoms with E-state index in [9.17, 15) is 9.59 Å². The molecular weight excluding hydrogens is 506 g/mol. The number of fused-ring (bicyclic) bond motifs is 4. The second-order valence-corrected chi connectivity index (χ2v) is 10.8. The molecule has 4 aromatic rings. The molecule has 0 aliphatic heterocycles. The van der Waals surface area contributed by atoms with Crippen LogP contribution < -0.4 is 15.4 Å². The Balaban J connectivity index is 1.39. The second-order valence-electron chi connectivity index (χ2n) is 9.74. The Kier molecular flexibility index (Phi) is 7.32. The molecule has 3 N–H and O–H groups in total. The van der Waals surface area contributed by atoms with E-state index in [0.717, 1.165) is 39.6 Å². The zero-order valence-corrected chi connectivity index (χ0v) is 22.6. The normalized spacial score (nSPS) is 14.9. The number of amides is 2. The van der Waals surface area contributed by atoms with Crippen LogP contribution in [0.5, 0.6) is 5.75 Å². The molecule has 1 aliphatic carbocycles. The molecule has 2 amide bonds. The standard InChI is InChI=1S/C26H31N7O4S/c1-14(2)37-26(35)27-7-8-36-20-11-18-16(12-30-32-18)9-19(20)31-23-22-17-6-5-15(25(34)33(3)4)10-21(17)38-24(22)29-13-28-23/h9,11-15H,5-8,10H2,1-4H3,(H,27,35)(H,30,32)(H,28,29,31). The van der Waals surface area contributed by atoms with E-state index in [4.69, 9.17) is 9.47 Å². The van der Waals surface area contributed by atoms with Gasteiger partial charge in [0.25, 0.3) is 0 Å². The number of rotatable bonds is 8. The smallest absolute Gasteiger partial charge is 0.407 e. The molecule has 0 bridgehead atoms. The van der Waals surface area contributed by atoms with E-state index in [0.29, 0.717) is 18.0 Å². The molecule has 3 aromatic heterocycles. The van der Waals surface area contributed by atoms with Gasteiger partial charge in [-0.25, -0.2) is 14.8 Å². The van der Waals surface area contributed by atoms with Crippen LogP contribution in [0.2, 0.25) is 0 Å². The van der Waals surface area contributed by atoms with Crippen LogP contribution in [0.1, 0.15) is 30.7 Å². The number of thiophene rings is 1. The summed E-state index contributed by atoms with van der Waals surface area (Å²) in [6.07, 6.45) is 4.94. The molecule has 1 aliphatic rings. The van der Waals surface area contributed by atoms with Crippen molar-refractivity contribution in [3.8, 4) is 5.75 Å². The number of alkyl carbamates (subject to hydrolysis) is 1. The van der Waals surface area contributed by atoms with Gasteiger partial charge in [0.2, 0.25) is 5.91 Å². The molecular formula is C26H31N7O4S. The van der Waals surface area contributed by atoms with E-state index in [1.165, 1.54) is 10.4 Å². The fraction of sp³-hybridized carbons (Fsp3) is 0.423. The molecule has 12 heteroatoms. The van der Waals surface area contributed by atoms with Crippen LogP contribution in [0.4, 0.5) is 16.3 Å². The number of carbonyl (C=O) groups is 2. The number of ether oxygens (including phenoxy) is 2. The Morgan fingerprint density at radius 3 is 2.89 bits per heavy atom. The van der Waals surface area contributed by atoms with Crippen molar-refractivity contribution < 1.29 is 19.1 Å². The monoisotopic (exact) mass is 537 g/mol. The first-order chi connectivity index (χ1) is 18.3. The largest absolute Gasteiger partial charge is 0.489 e. The lowest BCUT2D eigenvalue weighted by molar-refractivity contribution is -0.133. The fourth-order valence-corrected chi connectivity index (χ4v) is 5.93. The lowest BCUT2D eigenvalue weighted by Crippen LogP contribution is -2.32. The molecule has 1 unspecified atom stereocenters. The molecule has 0 saturated heterocycles. The van der Waals surface area contributed by atoms with E-state index in [1.54, 1.807) is 56.7 Å². The third kappa shape index (κ3) is 5.35. The third-order valence-electron chi connectivity index (χ3n) is 6.40. The number of benzene rings is 1. The lowest BCUT2D eigenvalue weighted by Gasteiger charge is -2.24. The molecule has 3 heterocycles. The minimum Gasteiger partial charge on any atom is -0.489 e. The van der Waals surface area contributed by atoms with Crippen molar-refractivity contribution in [2.75, 3.05) is 32.6 Å². The first kappa shape index (κ1) is 25.7. The predicted octanol–water partition coefficient (Wildman–Crippen LogP) is 4.02. The highest BCUT2D eigenvalue weighted by atomic mass is 32.1. The van der Waals surface area contributed by atoms with Crippen LogP contribution >= 0.6 is 11.3 Å². The summed E-state index contributed by atoms with van der Waals surface area (Å²) in [5.74, 6) is 1.44. The van der Waals surface area contributed by atoms with Crippen molar-refractivity contribution in [2.45, 2.75) is 39.2 Å². The Morgan fingerprint density at radius 1 is 1.26 bits per heavy atom. The van der Waals surface area contributed by atoms with E-state index in [-0.39, 0.29) is 31.1 Å². The molecule has 0 saturated carbocycles. The fourth-order valence-electron chi connectivity index (χ4n) is 4.67. The van der Waals surface area contributed by atoms with Gasteiger partial charge in [-0.1, -0.05) is 0 Å². The van der Waals surface area contributed by atoms with Gasteiger partial charge in [-0.2, -0.15) is 5.10 Å². The summed E-state index contributed by atoms with van der Waals surface area (Å²) in [6, 6.07) is 3.82. The summed E-state index contributed by atoms with van der Waals surface area (Å²) < 4.78 is 11.1. The topological polar surface area (TPSA) is 134 Å². The Labute approximate surface area is 223 Å². The SMILES string of the molecule is CC(C)OC(=O)NCCOc1cc2[nH]ncc2cc1Nc1ncnc2sc3c(c12)CCC(C(=O)N(C)C)C3. The second kappa shape index (κ2) is 10.8. The molecule has 0 spiro atoms.